The van der Waals surface area contributed by atoms with Crippen LogP contribution in [0, 0.1) is 0 Å². The fourth-order valence-corrected chi connectivity index (χ4v) is 4.22. The summed E-state index contributed by atoms with van der Waals surface area (Å²) in [6.45, 7) is 6.57. The Morgan fingerprint density at radius 2 is 1.96 bits per heavy atom. The Bertz CT molecular complexity index is 418. The number of rotatable bonds is 4. The molecule has 0 aromatic heterocycles. The highest BCUT2D eigenvalue weighted by molar-refractivity contribution is 5.77. The van der Waals surface area contributed by atoms with Crippen molar-refractivity contribution in [1.29, 1.82) is 0 Å². The van der Waals surface area contributed by atoms with Gasteiger partial charge < -0.3 is 19.3 Å². The van der Waals surface area contributed by atoms with Gasteiger partial charge in [-0.3, -0.25) is 9.69 Å². The summed E-state index contributed by atoms with van der Waals surface area (Å²) in [4.78, 5) is 19.6. The summed E-state index contributed by atoms with van der Waals surface area (Å²) in [5, 5.41) is 0. The number of ether oxygens (including phenoxy) is 2. The summed E-state index contributed by atoms with van der Waals surface area (Å²) in [5.74, 6) is 0.140. The number of carbonyl (C=O) groups excluding carboxylic acids is 1. The highest BCUT2D eigenvalue weighted by atomic mass is 16.5. The molecule has 3 saturated heterocycles. The van der Waals surface area contributed by atoms with Crippen molar-refractivity contribution in [3.63, 3.8) is 0 Å². The first-order valence-electron chi connectivity index (χ1n) is 9.46. The minimum Gasteiger partial charge on any atom is -0.376 e. The van der Waals surface area contributed by atoms with Gasteiger partial charge in [-0.15, -0.1) is 0 Å². The van der Waals surface area contributed by atoms with Crippen molar-refractivity contribution >= 4 is 5.91 Å². The zero-order valence-corrected chi connectivity index (χ0v) is 15.3. The fraction of sp³-hybridized carbons (Fsp3) is 0.944. The molecule has 1 spiro atoms. The van der Waals surface area contributed by atoms with Gasteiger partial charge in [0.05, 0.1) is 12.7 Å². The number of likely N-dealkylation sites (tertiary alicyclic amines) is 1. The fourth-order valence-electron chi connectivity index (χ4n) is 4.22. The maximum Gasteiger partial charge on any atom is 0.248 e. The number of hydrogen-bond acceptors (Lipinski definition) is 5. The molecular formula is C18H33N3O3. The number of nitrogens with zero attached hydrogens (tertiary/aromatic N) is 3. The molecule has 3 aliphatic rings. The van der Waals surface area contributed by atoms with E-state index >= 15 is 0 Å². The Labute approximate surface area is 146 Å². The number of carbonyl (C=O) groups is 1. The highest BCUT2D eigenvalue weighted by Crippen LogP contribution is 2.30. The number of hydrogen-bond donors (Lipinski definition) is 0. The van der Waals surface area contributed by atoms with Crippen molar-refractivity contribution in [3.05, 3.63) is 0 Å². The van der Waals surface area contributed by atoms with E-state index in [-0.39, 0.29) is 24.2 Å². The Balaban J connectivity index is 1.53. The van der Waals surface area contributed by atoms with Crippen molar-refractivity contribution in [2.24, 2.45) is 0 Å². The number of piperidine rings is 1. The summed E-state index contributed by atoms with van der Waals surface area (Å²) < 4.78 is 11.2. The minimum absolute atomic E-state index is 0.140. The second-order valence-corrected chi connectivity index (χ2v) is 7.77. The third-order valence-electron chi connectivity index (χ3n) is 6.04. The molecule has 0 aromatic carbocycles. The average Bonchev–Trinajstić information content (AvgIpc) is 3.03. The van der Waals surface area contributed by atoms with Crippen LogP contribution in [0.15, 0.2) is 0 Å². The van der Waals surface area contributed by atoms with Crippen molar-refractivity contribution in [2.45, 2.75) is 43.7 Å². The van der Waals surface area contributed by atoms with Crippen molar-refractivity contribution < 1.29 is 14.3 Å². The lowest BCUT2D eigenvalue weighted by molar-refractivity contribution is -0.138. The van der Waals surface area contributed by atoms with Crippen molar-refractivity contribution in [1.82, 2.24) is 14.7 Å². The van der Waals surface area contributed by atoms with Crippen LogP contribution < -0.4 is 0 Å². The molecule has 3 heterocycles. The van der Waals surface area contributed by atoms with Crippen LogP contribution in [0.4, 0.5) is 0 Å². The Morgan fingerprint density at radius 1 is 1.17 bits per heavy atom. The van der Waals surface area contributed by atoms with Crippen LogP contribution in [0.2, 0.25) is 0 Å². The topological polar surface area (TPSA) is 45.3 Å². The van der Waals surface area contributed by atoms with E-state index in [0.717, 1.165) is 71.4 Å². The average molecular weight is 339 g/mol. The van der Waals surface area contributed by atoms with E-state index in [1.165, 1.54) is 0 Å². The quantitative estimate of drug-likeness (QED) is 0.758. The highest BCUT2D eigenvalue weighted by Gasteiger charge is 2.41. The van der Waals surface area contributed by atoms with Crippen LogP contribution in [-0.2, 0) is 14.3 Å². The van der Waals surface area contributed by atoms with Gasteiger partial charge in [-0.25, -0.2) is 0 Å². The van der Waals surface area contributed by atoms with E-state index in [2.05, 4.69) is 23.9 Å². The summed E-state index contributed by atoms with van der Waals surface area (Å²) in [7, 11) is 4.42. The standard InChI is InChI=1S/C18H33N3O3/c1-19-10-6-18(7-11-19)15-21(9-4-8-20(18)2)17(22)14-23-13-16-5-3-12-24-16/h16H,3-15H2,1-2H3. The minimum atomic E-state index is 0.140. The van der Waals surface area contributed by atoms with Crippen LogP contribution in [0.3, 0.4) is 0 Å². The normalized spacial score (nSPS) is 29.1. The lowest BCUT2D eigenvalue weighted by Gasteiger charge is -2.47. The maximum atomic E-state index is 12.7. The predicted molar refractivity (Wildman–Crippen MR) is 93.1 cm³/mol. The SMILES string of the molecule is CN1CCC2(CC1)CN(C(=O)COCC1CCCO1)CCCN2C. The van der Waals surface area contributed by atoms with Crippen LogP contribution in [0.25, 0.3) is 0 Å². The van der Waals surface area contributed by atoms with Gasteiger partial charge >= 0.3 is 0 Å². The molecule has 24 heavy (non-hydrogen) atoms. The number of amides is 1. The Kier molecular flexibility index (Phi) is 6.13. The summed E-state index contributed by atoms with van der Waals surface area (Å²) in [5.41, 5.74) is 0.146. The molecular weight excluding hydrogens is 306 g/mol. The molecule has 3 aliphatic heterocycles. The summed E-state index contributed by atoms with van der Waals surface area (Å²) in [6.07, 6.45) is 5.68. The van der Waals surface area contributed by atoms with Gasteiger partial charge in [0.25, 0.3) is 0 Å². The molecule has 6 nitrogen and oxygen atoms in total. The molecule has 0 radical (unpaired) electrons. The molecule has 0 bridgehead atoms. The molecule has 0 N–H and O–H groups in total. The van der Waals surface area contributed by atoms with E-state index in [0.29, 0.717) is 6.61 Å². The third-order valence-corrected chi connectivity index (χ3v) is 6.04. The molecule has 1 atom stereocenters. The lowest BCUT2D eigenvalue weighted by Crippen LogP contribution is -2.58. The van der Waals surface area contributed by atoms with Gasteiger partial charge in [-0.1, -0.05) is 0 Å². The molecule has 138 valence electrons. The summed E-state index contributed by atoms with van der Waals surface area (Å²) >= 11 is 0. The third kappa shape index (κ3) is 4.28. The Hall–Kier alpha value is -0.690. The van der Waals surface area contributed by atoms with Crippen LogP contribution in [0.5, 0.6) is 0 Å². The van der Waals surface area contributed by atoms with E-state index in [4.69, 9.17) is 9.47 Å². The van der Waals surface area contributed by atoms with Gasteiger partial charge in [-0.05, 0) is 59.3 Å². The van der Waals surface area contributed by atoms with E-state index in [1.54, 1.807) is 0 Å². The molecule has 0 aliphatic carbocycles. The van der Waals surface area contributed by atoms with Crippen molar-refractivity contribution in [3.8, 4) is 0 Å². The lowest BCUT2D eigenvalue weighted by atomic mass is 9.85. The first-order chi connectivity index (χ1) is 11.6. The molecule has 3 fully saturated rings. The predicted octanol–water partition coefficient (Wildman–Crippen LogP) is 0.811. The molecule has 0 aromatic rings. The van der Waals surface area contributed by atoms with E-state index < -0.39 is 0 Å². The molecule has 6 heteroatoms. The molecule has 0 saturated carbocycles. The van der Waals surface area contributed by atoms with E-state index in [1.807, 2.05) is 4.90 Å². The molecule has 1 amide bonds. The van der Waals surface area contributed by atoms with E-state index in [9.17, 15) is 4.79 Å². The smallest absolute Gasteiger partial charge is 0.248 e. The maximum absolute atomic E-state index is 12.7. The van der Waals surface area contributed by atoms with Gasteiger partial charge in [0.2, 0.25) is 5.91 Å². The molecule has 1 unspecified atom stereocenters. The largest absolute Gasteiger partial charge is 0.376 e. The summed E-state index contributed by atoms with van der Waals surface area (Å²) in [6, 6.07) is 0. The Morgan fingerprint density at radius 3 is 2.67 bits per heavy atom. The van der Waals surface area contributed by atoms with Gasteiger partial charge in [0, 0.05) is 31.8 Å². The first kappa shape index (κ1) is 18.1. The van der Waals surface area contributed by atoms with Gasteiger partial charge in [0.15, 0.2) is 0 Å². The van der Waals surface area contributed by atoms with Gasteiger partial charge in [0.1, 0.15) is 6.61 Å². The molecule has 3 rings (SSSR count). The second-order valence-electron chi connectivity index (χ2n) is 7.77. The van der Waals surface area contributed by atoms with Crippen molar-refractivity contribution in [2.75, 3.05) is 66.6 Å². The number of likely N-dealkylation sites (N-methyl/N-ethyl adjacent to an activating group) is 1. The first-order valence-corrected chi connectivity index (χ1v) is 9.46. The van der Waals surface area contributed by atoms with Crippen LogP contribution in [-0.4, -0.2) is 98.9 Å². The van der Waals surface area contributed by atoms with Crippen LogP contribution in [0.1, 0.15) is 32.1 Å². The van der Waals surface area contributed by atoms with Crippen LogP contribution >= 0.6 is 0 Å². The second kappa shape index (κ2) is 8.13. The van der Waals surface area contributed by atoms with Gasteiger partial charge in [-0.2, -0.15) is 0 Å². The zero-order chi connectivity index (χ0) is 17.0. The monoisotopic (exact) mass is 339 g/mol. The zero-order valence-electron chi connectivity index (χ0n) is 15.3.